The summed E-state index contributed by atoms with van der Waals surface area (Å²) >= 11 is 0. The fourth-order valence-electron chi connectivity index (χ4n) is 2.22. The quantitative estimate of drug-likeness (QED) is 0.311. The van der Waals surface area contributed by atoms with Gasteiger partial charge in [0, 0.05) is 48.7 Å². The van der Waals surface area contributed by atoms with Gasteiger partial charge in [0.1, 0.15) is 0 Å². The van der Waals surface area contributed by atoms with Crippen molar-refractivity contribution in [2.24, 2.45) is 0 Å². The van der Waals surface area contributed by atoms with Gasteiger partial charge in [-0.3, -0.25) is 20.2 Å². The van der Waals surface area contributed by atoms with Gasteiger partial charge in [-0.25, -0.2) is 0 Å². The van der Waals surface area contributed by atoms with Crippen molar-refractivity contribution < 1.29 is 9.85 Å². The normalized spacial score (nSPS) is 9.79. The Kier molecular flexibility index (Phi) is 10.7. The summed E-state index contributed by atoms with van der Waals surface area (Å²) in [5.41, 5.74) is 2.13. The molecule has 0 atom stereocenters. The van der Waals surface area contributed by atoms with Gasteiger partial charge < -0.3 is 10.6 Å². The molecule has 0 aliphatic rings. The van der Waals surface area contributed by atoms with Crippen molar-refractivity contribution in [1.29, 1.82) is 0 Å². The number of nitro groups is 2. The average Bonchev–Trinajstić information content (AvgIpc) is 2.70. The van der Waals surface area contributed by atoms with Gasteiger partial charge in [-0.1, -0.05) is 26.7 Å². The minimum absolute atomic E-state index is 0.131. The van der Waals surface area contributed by atoms with E-state index >= 15 is 0 Å². The molecule has 152 valence electrons. The van der Waals surface area contributed by atoms with Gasteiger partial charge in [0.15, 0.2) is 0 Å². The highest BCUT2D eigenvalue weighted by molar-refractivity contribution is 5.49. The molecule has 0 radical (unpaired) electrons. The van der Waals surface area contributed by atoms with Crippen LogP contribution in [0.25, 0.3) is 0 Å². The molecule has 2 N–H and O–H groups in total. The van der Waals surface area contributed by atoms with Crippen LogP contribution in [0.5, 0.6) is 0 Å². The first-order chi connectivity index (χ1) is 13.5. The Bertz CT molecular complexity index is 654. The van der Waals surface area contributed by atoms with Crippen molar-refractivity contribution in [2.75, 3.05) is 23.7 Å². The molecule has 0 amide bonds. The zero-order valence-corrected chi connectivity index (χ0v) is 16.4. The molecule has 2 rings (SSSR count). The lowest BCUT2D eigenvalue weighted by molar-refractivity contribution is -0.385. The number of hydrogen-bond acceptors (Lipinski definition) is 6. The summed E-state index contributed by atoms with van der Waals surface area (Å²) in [5, 5.41) is 27.1. The lowest BCUT2D eigenvalue weighted by Crippen LogP contribution is -2.00. The van der Waals surface area contributed by atoms with Gasteiger partial charge in [0.2, 0.25) is 0 Å². The van der Waals surface area contributed by atoms with Crippen LogP contribution in [0.1, 0.15) is 39.5 Å². The highest BCUT2D eigenvalue weighted by atomic mass is 16.6. The van der Waals surface area contributed by atoms with E-state index in [1.54, 1.807) is 24.3 Å². The molecule has 2 aromatic carbocycles. The first-order valence-electron chi connectivity index (χ1n) is 9.44. The van der Waals surface area contributed by atoms with Gasteiger partial charge in [-0.2, -0.15) is 0 Å². The van der Waals surface area contributed by atoms with E-state index in [0.717, 1.165) is 50.1 Å². The van der Waals surface area contributed by atoms with Crippen LogP contribution in [0.2, 0.25) is 0 Å². The largest absolute Gasteiger partial charge is 0.385 e. The third kappa shape index (κ3) is 8.98. The number of nitrogens with one attached hydrogen (secondary N) is 2. The summed E-state index contributed by atoms with van der Waals surface area (Å²) in [5.74, 6) is 0. The van der Waals surface area contributed by atoms with E-state index in [1.807, 2.05) is 0 Å². The van der Waals surface area contributed by atoms with Gasteiger partial charge >= 0.3 is 0 Å². The van der Waals surface area contributed by atoms with Crippen molar-refractivity contribution in [3.05, 3.63) is 68.8 Å². The minimum Gasteiger partial charge on any atom is -0.385 e. The van der Waals surface area contributed by atoms with Gasteiger partial charge in [0.25, 0.3) is 11.4 Å². The van der Waals surface area contributed by atoms with E-state index in [0.29, 0.717) is 0 Å². The van der Waals surface area contributed by atoms with Gasteiger partial charge in [-0.05, 0) is 37.1 Å². The van der Waals surface area contributed by atoms with E-state index in [1.165, 1.54) is 24.3 Å². The van der Waals surface area contributed by atoms with Crippen LogP contribution in [-0.4, -0.2) is 22.9 Å². The molecule has 0 aliphatic carbocycles. The Morgan fingerprint density at radius 1 is 0.679 bits per heavy atom. The van der Waals surface area contributed by atoms with Gasteiger partial charge in [0.05, 0.1) is 9.85 Å². The molecule has 8 heteroatoms. The van der Waals surface area contributed by atoms with E-state index < -0.39 is 9.85 Å². The van der Waals surface area contributed by atoms with Crippen LogP contribution in [0.15, 0.2) is 48.5 Å². The van der Waals surface area contributed by atoms with E-state index in [-0.39, 0.29) is 11.4 Å². The van der Waals surface area contributed by atoms with Crippen molar-refractivity contribution in [3.8, 4) is 0 Å². The van der Waals surface area contributed by atoms with Crippen LogP contribution in [-0.2, 0) is 0 Å². The molecule has 0 spiro atoms. The van der Waals surface area contributed by atoms with Gasteiger partial charge in [-0.15, -0.1) is 0 Å². The molecule has 0 aromatic heterocycles. The molecule has 0 fully saturated rings. The number of rotatable bonds is 10. The zero-order chi connectivity index (χ0) is 20.8. The van der Waals surface area contributed by atoms with E-state index in [9.17, 15) is 20.2 Å². The van der Waals surface area contributed by atoms with Crippen molar-refractivity contribution in [3.63, 3.8) is 0 Å². The highest BCUT2D eigenvalue weighted by Gasteiger charge is 2.03. The maximum absolute atomic E-state index is 10.4. The van der Waals surface area contributed by atoms with Crippen LogP contribution >= 0.6 is 0 Å². The second kappa shape index (κ2) is 13.1. The first kappa shape index (κ1) is 22.9. The van der Waals surface area contributed by atoms with Crippen LogP contribution in [0, 0.1) is 20.2 Å². The van der Waals surface area contributed by atoms with Crippen LogP contribution in [0.3, 0.4) is 0 Å². The van der Waals surface area contributed by atoms with Crippen molar-refractivity contribution in [1.82, 2.24) is 0 Å². The number of non-ortho nitro benzene ring substituents is 2. The fourth-order valence-corrected chi connectivity index (χ4v) is 2.22. The molecule has 0 heterocycles. The maximum Gasteiger partial charge on any atom is 0.269 e. The SMILES string of the molecule is CCCCNc1ccc([N+](=O)[O-])cc1.CCCCNc1ccc([N+](=O)[O-])cc1. The second-order valence-corrected chi connectivity index (χ2v) is 6.17. The highest BCUT2D eigenvalue weighted by Crippen LogP contribution is 2.16. The van der Waals surface area contributed by atoms with Crippen molar-refractivity contribution >= 4 is 22.7 Å². The summed E-state index contributed by atoms with van der Waals surface area (Å²) in [6, 6.07) is 13.0. The summed E-state index contributed by atoms with van der Waals surface area (Å²) in [7, 11) is 0. The molecular formula is C20H28N4O4. The lowest BCUT2D eigenvalue weighted by atomic mass is 10.2. The Labute approximate surface area is 165 Å². The number of nitro benzene ring substituents is 2. The standard InChI is InChI=1S/2C10H14N2O2/c2*1-2-3-8-11-9-4-6-10(7-5-9)12(13)14/h2*4-7,11H,2-3,8H2,1H3. The molecule has 0 saturated heterocycles. The maximum atomic E-state index is 10.4. The lowest BCUT2D eigenvalue weighted by Gasteiger charge is -2.03. The number of hydrogen-bond donors (Lipinski definition) is 2. The first-order valence-corrected chi connectivity index (χ1v) is 9.44. The molecule has 0 saturated carbocycles. The number of anilines is 2. The third-order valence-electron chi connectivity index (χ3n) is 3.88. The van der Waals surface area contributed by atoms with E-state index in [2.05, 4.69) is 24.5 Å². The van der Waals surface area contributed by atoms with Crippen molar-refractivity contribution in [2.45, 2.75) is 39.5 Å². The minimum atomic E-state index is -0.393. The van der Waals surface area contributed by atoms with Crippen LogP contribution < -0.4 is 10.6 Å². The third-order valence-corrected chi connectivity index (χ3v) is 3.88. The summed E-state index contributed by atoms with van der Waals surface area (Å²) < 4.78 is 0. The summed E-state index contributed by atoms with van der Waals surface area (Å²) in [6.07, 6.45) is 4.49. The number of nitrogens with zero attached hydrogens (tertiary/aromatic N) is 2. The molecule has 2 aromatic rings. The molecular weight excluding hydrogens is 360 g/mol. The fraction of sp³-hybridized carbons (Fsp3) is 0.400. The number of benzene rings is 2. The number of unbranched alkanes of at least 4 members (excludes halogenated alkanes) is 2. The zero-order valence-electron chi connectivity index (χ0n) is 16.4. The summed E-state index contributed by atoms with van der Waals surface area (Å²) in [4.78, 5) is 19.9. The molecule has 0 unspecified atom stereocenters. The molecule has 8 nitrogen and oxygen atoms in total. The predicted octanol–water partition coefficient (Wildman–Crippen LogP) is 5.61. The Morgan fingerprint density at radius 3 is 1.25 bits per heavy atom. The predicted molar refractivity (Wildman–Crippen MR) is 113 cm³/mol. The Balaban J connectivity index is 0.000000280. The Morgan fingerprint density at radius 2 is 1.00 bits per heavy atom. The molecule has 0 bridgehead atoms. The Hall–Kier alpha value is -3.16. The van der Waals surface area contributed by atoms with Crippen LogP contribution in [0.4, 0.5) is 22.7 Å². The van der Waals surface area contributed by atoms with E-state index in [4.69, 9.17) is 0 Å². The molecule has 0 aliphatic heterocycles. The molecule has 28 heavy (non-hydrogen) atoms. The topological polar surface area (TPSA) is 110 Å². The monoisotopic (exact) mass is 388 g/mol. The summed E-state index contributed by atoms with van der Waals surface area (Å²) in [6.45, 7) is 6.07. The smallest absolute Gasteiger partial charge is 0.269 e. The second-order valence-electron chi connectivity index (χ2n) is 6.17. The average molecular weight is 388 g/mol.